The lowest BCUT2D eigenvalue weighted by Crippen LogP contribution is -2.42. The number of nitrogens with zero attached hydrogens (tertiary/aromatic N) is 2. The van der Waals surface area contributed by atoms with Crippen molar-refractivity contribution in [2.24, 2.45) is 0 Å². The Bertz CT molecular complexity index is 1060. The average molecular weight is 408 g/mol. The molecule has 0 bridgehead atoms. The normalized spacial score (nSPS) is 18.1. The van der Waals surface area contributed by atoms with Gasteiger partial charge in [-0.05, 0) is 29.3 Å². The van der Waals surface area contributed by atoms with Crippen molar-refractivity contribution in [3.8, 4) is 0 Å². The molecule has 1 aliphatic heterocycles. The van der Waals surface area contributed by atoms with Gasteiger partial charge in [-0.3, -0.25) is 19.3 Å². The van der Waals surface area contributed by atoms with Crippen molar-refractivity contribution in [3.63, 3.8) is 0 Å². The Hall–Kier alpha value is -3.93. The minimum absolute atomic E-state index is 0.121. The van der Waals surface area contributed by atoms with Gasteiger partial charge in [0, 0.05) is 0 Å². The number of ether oxygens (including phenoxy) is 1. The molecule has 1 fully saturated rings. The zero-order chi connectivity index (χ0) is 21.7. The van der Waals surface area contributed by atoms with E-state index in [2.05, 4.69) is 15.5 Å². The van der Waals surface area contributed by atoms with Crippen molar-refractivity contribution in [3.05, 3.63) is 59.4 Å². The molecule has 2 aromatic rings. The Morgan fingerprint density at radius 3 is 2.67 bits per heavy atom. The monoisotopic (exact) mass is 408 g/mol. The Morgan fingerprint density at radius 1 is 1.20 bits per heavy atom. The molecule has 0 unspecified atom stereocenters. The minimum atomic E-state index is -1.32. The van der Waals surface area contributed by atoms with Gasteiger partial charge in [-0.2, -0.15) is 0 Å². The lowest BCUT2D eigenvalue weighted by Gasteiger charge is -2.22. The van der Waals surface area contributed by atoms with Crippen LogP contribution < -0.4 is 10.6 Å². The summed E-state index contributed by atoms with van der Waals surface area (Å²) in [5.41, 5.74) is -0.729. The quantitative estimate of drug-likeness (QED) is 0.310. The summed E-state index contributed by atoms with van der Waals surface area (Å²) in [6.45, 7) is 7.31. The summed E-state index contributed by atoms with van der Waals surface area (Å²) in [7, 11) is 0. The van der Waals surface area contributed by atoms with Crippen molar-refractivity contribution in [1.82, 2.24) is 15.5 Å². The highest BCUT2D eigenvalue weighted by Gasteiger charge is 2.49. The maximum atomic E-state index is 12.9. The van der Waals surface area contributed by atoms with E-state index in [1.807, 2.05) is 36.4 Å². The highest BCUT2D eigenvalue weighted by atomic mass is 16.5. The summed E-state index contributed by atoms with van der Waals surface area (Å²) in [6.07, 6.45) is 0. The van der Waals surface area contributed by atoms with Gasteiger partial charge in [0.15, 0.2) is 6.61 Å². The van der Waals surface area contributed by atoms with Crippen molar-refractivity contribution in [1.29, 1.82) is 0 Å². The second kappa shape index (κ2) is 8.61. The van der Waals surface area contributed by atoms with E-state index >= 15 is 0 Å². The van der Waals surface area contributed by atoms with Crippen LogP contribution in [0.15, 0.2) is 42.5 Å². The number of urea groups is 1. The highest BCUT2D eigenvalue weighted by molar-refractivity contribution is 6.09. The van der Waals surface area contributed by atoms with Crippen molar-refractivity contribution < 1.29 is 23.9 Å². The molecule has 0 saturated carbocycles. The van der Waals surface area contributed by atoms with Gasteiger partial charge in [0.05, 0.1) is 6.54 Å². The van der Waals surface area contributed by atoms with Gasteiger partial charge in [-0.25, -0.2) is 11.4 Å². The van der Waals surface area contributed by atoms with Crippen LogP contribution in [-0.2, 0) is 24.7 Å². The molecule has 4 amide bonds. The molecule has 2 N–H and O–H groups in total. The van der Waals surface area contributed by atoms with Crippen LogP contribution in [0.1, 0.15) is 12.5 Å². The summed E-state index contributed by atoms with van der Waals surface area (Å²) < 4.78 is 4.82. The van der Waals surface area contributed by atoms with Crippen molar-refractivity contribution >= 4 is 34.6 Å². The number of carbonyl (C=O) groups excluding carboxylic acids is 4. The predicted octanol–water partition coefficient (Wildman–Crippen LogP) is 1.19. The van der Waals surface area contributed by atoms with E-state index < -0.39 is 42.5 Å². The number of amides is 4. The Balaban J connectivity index is 1.65. The Kier molecular flexibility index (Phi) is 5.97. The first-order valence-electron chi connectivity index (χ1n) is 9.24. The second-order valence-electron chi connectivity index (χ2n) is 6.90. The zero-order valence-electron chi connectivity index (χ0n) is 16.3. The molecular formula is C21H20N4O5. The number of imide groups is 1. The number of rotatable bonds is 7. The largest absolute Gasteiger partial charge is 0.454 e. The first-order chi connectivity index (χ1) is 14.3. The maximum absolute atomic E-state index is 12.9. The lowest BCUT2D eigenvalue weighted by atomic mass is 9.90. The van der Waals surface area contributed by atoms with Crippen LogP contribution in [0.4, 0.5) is 4.79 Å². The van der Waals surface area contributed by atoms with Crippen LogP contribution in [-0.4, -0.2) is 55.0 Å². The standard InChI is InChI=1S/C21H20N4O5/c1-21(16-8-7-14-5-3-4-6-15(14)11-16)19(28)25(20(29)24-21)12-18(27)30-13-17(26)23-10-9-22-2/h3-8,11H,9-10,12-13H2,1H3,(H,23,26)(H,24,29)/t21-/m0/s1. The molecule has 0 spiro atoms. The minimum Gasteiger partial charge on any atom is -0.454 e. The molecule has 2 aromatic carbocycles. The fourth-order valence-electron chi connectivity index (χ4n) is 3.16. The SMILES string of the molecule is [C-]#[N+]CCNC(=O)COC(=O)CN1C(=O)N[C@@](C)(c2ccc3ccccc3c2)C1=O. The smallest absolute Gasteiger partial charge is 0.326 e. The average Bonchev–Trinajstić information content (AvgIpc) is 2.96. The predicted molar refractivity (Wildman–Crippen MR) is 107 cm³/mol. The molecule has 0 aliphatic carbocycles. The molecule has 0 aromatic heterocycles. The topological polar surface area (TPSA) is 109 Å². The molecular weight excluding hydrogens is 388 g/mol. The number of nitrogens with one attached hydrogen (secondary N) is 2. The number of benzene rings is 2. The molecule has 1 aliphatic rings. The molecule has 1 saturated heterocycles. The summed E-state index contributed by atoms with van der Waals surface area (Å²) in [5, 5.41) is 6.96. The number of fused-ring (bicyclic) bond motifs is 1. The van der Waals surface area contributed by atoms with E-state index in [-0.39, 0.29) is 13.1 Å². The van der Waals surface area contributed by atoms with Gasteiger partial charge in [-0.15, -0.1) is 0 Å². The number of carbonyl (C=O) groups is 4. The fraction of sp³-hybridized carbons (Fsp3) is 0.286. The van der Waals surface area contributed by atoms with Crippen LogP contribution in [0.5, 0.6) is 0 Å². The third-order valence-corrected chi connectivity index (χ3v) is 4.80. The summed E-state index contributed by atoms with van der Waals surface area (Å²) in [5.74, 6) is -2.03. The van der Waals surface area contributed by atoms with E-state index in [1.165, 1.54) is 0 Å². The molecule has 0 radical (unpaired) electrons. The lowest BCUT2D eigenvalue weighted by molar-refractivity contribution is -0.151. The fourth-order valence-corrected chi connectivity index (χ4v) is 3.16. The molecule has 30 heavy (non-hydrogen) atoms. The number of hydrogen-bond acceptors (Lipinski definition) is 5. The molecule has 1 heterocycles. The Labute approximate surface area is 172 Å². The first kappa shape index (κ1) is 20.8. The van der Waals surface area contributed by atoms with E-state index in [9.17, 15) is 19.2 Å². The van der Waals surface area contributed by atoms with E-state index in [0.29, 0.717) is 5.56 Å². The van der Waals surface area contributed by atoms with Gasteiger partial charge in [0.1, 0.15) is 12.1 Å². The Morgan fingerprint density at radius 2 is 1.93 bits per heavy atom. The van der Waals surface area contributed by atoms with Gasteiger partial charge in [-0.1, -0.05) is 36.4 Å². The summed E-state index contributed by atoms with van der Waals surface area (Å²) in [4.78, 5) is 52.7. The van der Waals surface area contributed by atoms with E-state index in [0.717, 1.165) is 15.7 Å². The molecule has 9 nitrogen and oxygen atoms in total. The molecule has 9 heteroatoms. The summed E-state index contributed by atoms with van der Waals surface area (Å²) >= 11 is 0. The van der Waals surface area contributed by atoms with E-state index in [1.54, 1.807) is 13.0 Å². The van der Waals surface area contributed by atoms with Crippen molar-refractivity contribution in [2.45, 2.75) is 12.5 Å². The van der Waals surface area contributed by atoms with Crippen LogP contribution in [0.25, 0.3) is 15.6 Å². The third kappa shape index (κ3) is 4.22. The molecule has 1 atom stereocenters. The van der Waals surface area contributed by atoms with Crippen molar-refractivity contribution in [2.75, 3.05) is 26.2 Å². The van der Waals surface area contributed by atoms with Gasteiger partial charge < -0.3 is 20.2 Å². The highest BCUT2D eigenvalue weighted by Crippen LogP contribution is 2.30. The van der Waals surface area contributed by atoms with E-state index in [4.69, 9.17) is 11.3 Å². The van der Waals surface area contributed by atoms with Crippen LogP contribution in [0.2, 0.25) is 0 Å². The van der Waals surface area contributed by atoms with Gasteiger partial charge >= 0.3 is 12.0 Å². The van der Waals surface area contributed by atoms with Crippen LogP contribution >= 0.6 is 0 Å². The van der Waals surface area contributed by atoms with Gasteiger partial charge in [0.25, 0.3) is 11.8 Å². The molecule has 154 valence electrons. The second-order valence-corrected chi connectivity index (χ2v) is 6.90. The van der Waals surface area contributed by atoms with Gasteiger partial charge in [0.2, 0.25) is 6.54 Å². The van der Waals surface area contributed by atoms with Crippen LogP contribution in [0, 0.1) is 6.57 Å². The maximum Gasteiger partial charge on any atom is 0.326 e. The number of esters is 1. The summed E-state index contributed by atoms with van der Waals surface area (Å²) in [6, 6.07) is 12.4. The van der Waals surface area contributed by atoms with Crippen LogP contribution in [0.3, 0.4) is 0 Å². The molecule has 3 rings (SSSR count). The first-order valence-corrected chi connectivity index (χ1v) is 9.24. The third-order valence-electron chi connectivity index (χ3n) is 4.80. The zero-order valence-corrected chi connectivity index (χ0v) is 16.3. The number of hydrogen-bond donors (Lipinski definition) is 2.